The zero-order valence-electron chi connectivity index (χ0n) is 12.4. The molecule has 2 atom stereocenters. The van der Waals surface area contributed by atoms with Crippen molar-refractivity contribution in [1.82, 2.24) is 4.90 Å². The van der Waals surface area contributed by atoms with Crippen LogP contribution in [0.5, 0.6) is 0 Å². The summed E-state index contributed by atoms with van der Waals surface area (Å²) in [6.07, 6.45) is 2.69. The molecule has 0 spiro atoms. The number of amides is 1. The summed E-state index contributed by atoms with van der Waals surface area (Å²) in [5, 5.41) is 0. The molecule has 0 aromatic heterocycles. The predicted octanol–water partition coefficient (Wildman–Crippen LogP) is 4.15. The highest BCUT2D eigenvalue weighted by atomic mass is 16.2. The van der Waals surface area contributed by atoms with E-state index in [0.717, 1.165) is 12.8 Å². The molecule has 0 N–H and O–H groups in total. The quantitative estimate of drug-likeness (QED) is 0.808. The molecule has 1 amide bonds. The fraction of sp³-hybridized carbons (Fsp3) is 0.316. The van der Waals surface area contributed by atoms with Gasteiger partial charge < -0.3 is 4.90 Å². The first-order valence-electron chi connectivity index (χ1n) is 7.61. The van der Waals surface area contributed by atoms with E-state index < -0.39 is 0 Å². The van der Waals surface area contributed by atoms with Crippen molar-refractivity contribution in [2.24, 2.45) is 0 Å². The van der Waals surface area contributed by atoms with Crippen molar-refractivity contribution in [2.45, 2.75) is 31.2 Å². The Kier molecular flexibility index (Phi) is 4.05. The van der Waals surface area contributed by atoms with Gasteiger partial charge in [-0.3, -0.25) is 4.79 Å². The van der Waals surface area contributed by atoms with Gasteiger partial charge >= 0.3 is 0 Å². The lowest BCUT2D eigenvalue weighted by Crippen LogP contribution is -2.29. The molecule has 0 aliphatic carbocycles. The van der Waals surface area contributed by atoms with Gasteiger partial charge in [0.25, 0.3) is 0 Å². The van der Waals surface area contributed by atoms with E-state index in [9.17, 15) is 4.79 Å². The first-order chi connectivity index (χ1) is 10.3. The summed E-state index contributed by atoms with van der Waals surface area (Å²) in [7, 11) is 1.94. The van der Waals surface area contributed by atoms with E-state index >= 15 is 0 Å². The second-order valence-electron chi connectivity index (χ2n) is 5.82. The zero-order valence-corrected chi connectivity index (χ0v) is 12.4. The number of likely N-dealkylation sites (tertiary alicyclic amines) is 1. The first kappa shape index (κ1) is 13.9. The Hall–Kier alpha value is -2.09. The van der Waals surface area contributed by atoms with Crippen LogP contribution in [0.1, 0.15) is 42.3 Å². The van der Waals surface area contributed by atoms with Crippen LogP contribution in [0.2, 0.25) is 0 Å². The van der Waals surface area contributed by atoms with E-state index in [0.29, 0.717) is 12.3 Å². The van der Waals surface area contributed by atoms with Gasteiger partial charge in [0.2, 0.25) is 5.91 Å². The smallest absolute Gasteiger partial charge is 0.223 e. The molecule has 2 heteroatoms. The number of rotatable bonds is 2. The molecule has 0 bridgehead atoms. The summed E-state index contributed by atoms with van der Waals surface area (Å²) in [6.45, 7) is 0. The number of hydrogen-bond acceptors (Lipinski definition) is 1. The van der Waals surface area contributed by atoms with E-state index in [1.54, 1.807) is 0 Å². The van der Waals surface area contributed by atoms with Crippen LogP contribution in [-0.4, -0.2) is 17.9 Å². The normalized spacial score (nSPS) is 22.9. The van der Waals surface area contributed by atoms with Crippen molar-refractivity contribution in [1.29, 1.82) is 0 Å². The summed E-state index contributed by atoms with van der Waals surface area (Å²) in [4.78, 5) is 14.4. The van der Waals surface area contributed by atoms with Crippen molar-refractivity contribution >= 4 is 5.91 Å². The Bertz CT molecular complexity index is 593. The number of carbonyl (C=O) groups excluding carboxylic acids is 1. The Morgan fingerprint density at radius 2 is 1.43 bits per heavy atom. The fourth-order valence-corrected chi connectivity index (χ4v) is 3.26. The molecule has 1 heterocycles. The third-order valence-corrected chi connectivity index (χ3v) is 4.53. The average molecular weight is 279 g/mol. The molecule has 3 rings (SSSR count). The van der Waals surface area contributed by atoms with E-state index in [-0.39, 0.29) is 11.9 Å². The molecule has 0 saturated carbocycles. The van der Waals surface area contributed by atoms with Gasteiger partial charge in [0, 0.05) is 13.5 Å². The largest absolute Gasteiger partial charge is 0.339 e. The SMILES string of the molecule is CN1C(=O)CC(c2ccccc2)CCC1c1ccccc1. The molecular formula is C19H21NO. The molecule has 1 aliphatic rings. The van der Waals surface area contributed by atoms with Gasteiger partial charge in [0.15, 0.2) is 0 Å². The van der Waals surface area contributed by atoms with Gasteiger partial charge in [-0.1, -0.05) is 60.7 Å². The van der Waals surface area contributed by atoms with Crippen LogP contribution >= 0.6 is 0 Å². The number of carbonyl (C=O) groups is 1. The van der Waals surface area contributed by atoms with Gasteiger partial charge in [0.1, 0.15) is 0 Å². The molecule has 2 aromatic rings. The fourth-order valence-electron chi connectivity index (χ4n) is 3.26. The molecule has 2 nitrogen and oxygen atoms in total. The van der Waals surface area contributed by atoms with Crippen LogP contribution in [0.25, 0.3) is 0 Å². The maximum absolute atomic E-state index is 12.5. The van der Waals surface area contributed by atoms with Crippen LogP contribution in [0.4, 0.5) is 0 Å². The van der Waals surface area contributed by atoms with Gasteiger partial charge in [-0.05, 0) is 29.9 Å². The maximum atomic E-state index is 12.5. The van der Waals surface area contributed by atoms with Crippen LogP contribution < -0.4 is 0 Å². The highest BCUT2D eigenvalue weighted by molar-refractivity contribution is 5.77. The Labute approximate surface area is 126 Å². The van der Waals surface area contributed by atoms with Crippen molar-refractivity contribution in [3.05, 3.63) is 71.8 Å². The van der Waals surface area contributed by atoms with E-state index in [2.05, 4.69) is 36.4 Å². The van der Waals surface area contributed by atoms with Crippen LogP contribution in [0.3, 0.4) is 0 Å². The predicted molar refractivity (Wildman–Crippen MR) is 85.0 cm³/mol. The molecule has 2 aromatic carbocycles. The molecule has 108 valence electrons. The highest BCUT2D eigenvalue weighted by Gasteiger charge is 2.29. The summed E-state index contributed by atoms with van der Waals surface area (Å²) < 4.78 is 0. The molecule has 1 fully saturated rings. The molecule has 0 radical (unpaired) electrons. The average Bonchev–Trinajstić information content (AvgIpc) is 2.69. The van der Waals surface area contributed by atoms with E-state index in [4.69, 9.17) is 0 Å². The van der Waals surface area contributed by atoms with E-state index in [1.807, 2.05) is 36.2 Å². The number of benzene rings is 2. The molecule has 1 saturated heterocycles. The molecule has 21 heavy (non-hydrogen) atoms. The lowest BCUT2D eigenvalue weighted by Gasteiger charge is -2.26. The van der Waals surface area contributed by atoms with Crippen molar-refractivity contribution < 1.29 is 4.79 Å². The maximum Gasteiger partial charge on any atom is 0.223 e. The van der Waals surface area contributed by atoms with Gasteiger partial charge in [-0.15, -0.1) is 0 Å². The van der Waals surface area contributed by atoms with Crippen LogP contribution in [-0.2, 0) is 4.79 Å². The van der Waals surface area contributed by atoms with Crippen molar-refractivity contribution in [3.8, 4) is 0 Å². The first-order valence-corrected chi connectivity index (χ1v) is 7.61. The second-order valence-corrected chi connectivity index (χ2v) is 5.82. The lowest BCUT2D eigenvalue weighted by atomic mass is 9.90. The van der Waals surface area contributed by atoms with Crippen LogP contribution in [0, 0.1) is 0 Å². The van der Waals surface area contributed by atoms with Crippen LogP contribution in [0.15, 0.2) is 60.7 Å². The Balaban J connectivity index is 1.84. The summed E-state index contributed by atoms with van der Waals surface area (Å²) in [5.41, 5.74) is 2.52. The van der Waals surface area contributed by atoms with Gasteiger partial charge in [-0.25, -0.2) is 0 Å². The van der Waals surface area contributed by atoms with Crippen molar-refractivity contribution in [3.63, 3.8) is 0 Å². The Morgan fingerprint density at radius 3 is 2.05 bits per heavy atom. The Morgan fingerprint density at radius 1 is 0.857 bits per heavy atom. The van der Waals surface area contributed by atoms with Gasteiger partial charge in [-0.2, -0.15) is 0 Å². The third-order valence-electron chi connectivity index (χ3n) is 4.53. The number of nitrogens with zero attached hydrogens (tertiary/aromatic N) is 1. The number of hydrogen-bond donors (Lipinski definition) is 0. The minimum Gasteiger partial charge on any atom is -0.339 e. The monoisotopic (exact) mass is 279 g/mol. The minimum absolute atomic E-state index is 0.201. The molecule has 2 unspecified atom stereocenters. The standard InChI is InChI=1S/C19H21NO/c1-20-18(16-10-6-3-7-11-16)13-12-17(14-19(20)21)15-8-4-2-5-9-15/h2-11,17-18H,12-14H2,1H3. The summed E-state index contributed by atoms with van der Waals surface area (Å²) >= 11 is 0. The summed E-state index contributed by atoms with van der Waals surface area (Å²) in [5.74, 6) is 0.588. The zero-order chi connectivity index (χ0) is 14.7. The second kappa shape index (κ2) is 6.13. The molecular weight excluding hydrogens is 258 g/mol. The van der Waals surface area contributed by atoms with E-state index in [1.165, 1.54) is 11.1 Å². The highest BCUT2D eigenvalue weighted by Crippen LogP contribution is 2.36. The van der Waals surface area contributed by atoms with Crippen molar-refractivity contribution in [2.75, 3.05) is 7.05 Å². The van der Waals surface area contributed by atoms with Gasteiger partial charge in [0.05, 0.1) is 6.04 Å². The minimum atomic E-state index is 0.201. The summed E-state index contributed by atoms with van der Waals surface area (Å²) in [6, 6.07) is 21.0. The molecule has 1 aliphatic heterocycles. The topological polar surface area (TPSA) is 20.3 Å². The third kappa shape index (κ3) is 2.99. The lowest BCUT2D eigenvalue weighted by molar-refractivity contribution is -0.131.